The molecule has 0 saturated carbocycles. The van der Waals surface area contributed by atoms with E-state index in [1.54, 1.807) is 6.08 Å². The van der Waals surface area contributed by atoms with Gasteiger partial charge in [0.05, 0.1) is 39.9 Å². The molecule has 0 aliphatic carbocycles. The first kappa shape index (κ1) is 45.0. The van der Waals surface area contributed by atoms with Gasteiger partial charge in [-0.05, 0) is 44.9 Å². The van der Waals surface area contributed by atoms with Gasteiger partial charge in [-0.1, -0.05) is 128 Å². The van der Waals surface area contributed by atoms with Gasteiger partial charge in [-0.3, -0.25) is 13.8 Å². The van der Waals surface area contributed by atoms with Crippen LogP contribution in [-0.4, -0.2) is 73.4 Å². The predicted molar refractivity (Wildman–Crippen MR) is 194 cm³/mol. The Kier molecular flexibility index (Phi) is 29.4. The van der Waals surface area contributed by atoms with Crippen LogP contribution in [0.4, 0.5) is 0 Å². The second kappa shape index (κ2) is 30.1. The van der Waals surface area contributed by atoms with Crippen LogP contribution in [0.5, 0.6) is 0 Å². The standard InChI is InChI=1S/C37H73N2O6P/c1-6-8-10-12-14-16-18-20-22-24-26-28-30-36(40)35(34-45-46(42,43)44-33-32-39(3,4)5)38-37(41)31-29-27-25-23-21-19-17-15-13-11-9-7-2/h15,17,28,30,35-36,40H,6-14,16,18-27,29,31-34H2,1-5H3,(H-,38,41,42,43)/p+1/b17-15-,30-28+. The van der Waals surface area contributed by atoms with Crippen molar-refractivity contribution in [3.8, 4) is 0 Å². The van der Waals surface area contributed by atoms with E-state index in [-0.39, 0.29) is 19.1 Å². The van der Waals surface area contributed by atoms with E-state index in [4.69, 9.17) is 9.05 Å². The Morgan fingerprint density at radius 1 is 0.717 bits per heavy atom. The maximum Gasteiger partial charge on any atom is 0.472 e. The van der Waals surface area contributed by atoms with Crippen LogP contribution in [0.15, 0.2) is 24.3 Å². The number of quaternary nitrogens is 1. The number of amides is 1. The zero-order valence-corrected chi connectivity index (χ0v) is 31.5. The molecule has 3 atom stereocenters. The van der Waals surface area contributed by atoms with Crippen molar-refractivity contribution in [3.05, 3.63) is 24.3 Å². The monoisotopic (exact) mass is 674 g/mol. The Morgan fingerprint density at radius 2 is 1.17 bits per heavy atom. The van der Waals surface area contributed by atoms with Crippen LogP contribution in [0.1, 0.15) is 155 Å². The van der Waals surface area contributed by atoms with E-state index < -0.39 is 20.0 Å². The summed E-state index contributed by atoms with van der Waals surface area (Å²) in [6.45, 7) is 4.75. The van der Waals surface area contributed by atoms with E-state index in [1.165, 1.54) is 83.5 Å². The number of phosphoric acid groups is 1. The largest absolute Gasteiger partial charge is 0.472 e. The summed E-state index contributed by atoms with van der Waals surface area (Å²) in [4.78, 5) is 22.9. The van der Waals surface area contributed by atoms with E-state index in [2.05, 4.69) is 31.3 Å². The van der Waals surface area contributed by atoms with Crippen molar-refractivity contribution in [1.29, 1.82) is 0 Å². The molecule has 0 bridgehead atoms. The van der Waals surface area contributed by atoms with Gasteiger partial charge in [0.25, 0.3) is 0 Å². The fraction of sp³-hybridized carbons (Fsp3) is 0.865. The predicted octanol–water partition coefficient (Wildman–Crippen LogP) is 9.41. The fourth-order valence-corrected chi connectivity index (χ4v) is 5.83. The molecule has 46 heavy (non-hydrogen) atoms. The number of hydrogen-bond acceptors (Lipinski definition) is 5. The fourth-order valence-electron chi connectivity index (χ4n) is 5.09. The smallest absolute Gasteiger partial charge is 0.387 e. The minimum Gasteiger partial charge on any atom is -0.387 e. The summed E-state index contributed by atoms with van der Waals surface area (Å²) in [6.07, 6.45) is 32.3. The highest BCUT2D eigenvalue weighted by Gasteiger charge is 2.27. The van der Waals surface area contributed by atoms with Gasteiger partial charge in [-0.2, -0.15) is 0 Å². The summed E-state index contributed by atoms with van der Waals surface area (Å²) in [7, 11) is 1.56. The SMILES string of the molecule is CCCCC/C=C\CCCCCCCC(=O)NC(COP(=O)(O)OCC[N+](C)(C)C)C(O)/C=C/CCCCCCCCCCCC. The van der Waals surface area contributed by atoms with Gasteiger partial charge in [-0.15, -0.1) is 0 Å². The summed E-state index contributed by atoms with van der Waals surface area (Å²) in [6, 6.07) is -0.844. The van der Waals surface area contributed by atoms with E-state index >= 15 is 0 Å². The van der Waals surface area contributed by atoms with Crippen LogP contribution in [0.2, 0.25) is 0 Å². The lowest BCUT2D eigenvalue weighted by Crippen LogP contribution is -2.45. The molecule has 1 amide bonds. The van der Waals surface area contributed by atoms with Gasteiger partial charge in [0.2, 0.25) is 5.91 Å². The van der Waals surface area contributed by atoms with Crippen molar-refractivity contribution < 1.29 is 32.9 Å². The third-order valence-electron chi connectivity index (χ3n) is 8.17. The van der Waals surface area contributed by atoms with E-state index in [0.29, 0.717) is 17.4 Å². The summed E-state index contributed by atoms with van der Waals surface area (Å²) >= 11 is 0. The lowest BCUT2D eigenvalue weighted by atomic mass is 10.1. The molecule has 3 unspecified atom stereocenters. The number of likely N-dealkylation sites (N-methyl/N-ethyl adjacent to an activating group) is 1. The molecular formula is C37H74N2O6P+. The van der Waals surface area contributed by atoms with Gasteiger partial charge in [-0.25, -0.2) is 4.57 Å². The molecule has 0 aliphatic rings. The van der Waals surface area contributed by atoms with E-state index in [0.717, 1.165) is 51.4 Å². The summed E-state index contributed by atoms with van der Waals surface area (Å²) in [5.41, 5.74) is 0. The molecule has 0 aliphatic heterocycles. The van der Waals surface area contributed by atoms with Gasteiger partial charge < -0.3 is 19.8 Å². The second-order valence-electron chi connectivity index (χ2n) is 13.9. The van der Waals surface area contributed by atoms with Crippen LogP contribution in [0.3, 0.4) is 0 Å². The third kappa shape index (κ3) is 31.6. The zero-order chi connectivity index (χ0) is 34.4. The minimum absolute atomic E-state index is 0.0604. The summed E-state index contributed by atoms with van der Waals surface area (Å²) in [5.74, 6) is -0.190. The lowest BCUT2D eigenvalue weighted by Gasteiger charge is -2.25. The topological polar surface area (TPSA) is 105 Å². The Bertz CT molecular complexity index is 814. The number of allylic oxidation sites excluding steroid dienone is 3. The molecule has 0 aromatic heterocycles. The number of unbranched alkanes of at least 4 members (excludes halogenated alkanes) is 18. The van der Waals surface area contributed by atoms with Crippen molar-refractivity contribution in [3.63, 3.8) is 0 Å². The molecule has 0 saturated heterocycles. The number of aliphatic hydroxyl groups is 1. The van der Waals surface area contributed by atoms with Crippen LogP contribution in [-0.2, 0) is 18.4 Å². The summed E-state index contributed by atoms with van der Waals surface area (Å²) < 4.78 is 23.4. The van der Waals surface area contributed by atoms with Crippen LogP contribution >= 0.6 is 7.82 Å². The Hall–Kier alpha value is -1.02. The minimum atomic E-state index is -4.33. The Morgan fingerprint density at radius 3 is 1.72 bits per heavy atom. The van der Waals surface area contributed by atoms with Gasteiger partial charge >= 0.3 is 7.82 Å². The number of phosphoric ester groups is 1. The normalized spacial score (nSPS) is 15.0. The number of hydrogen-bond donors (Lipinski definition) is 3. The van der Waals surface area contributed by atoms with Gasteiger partial charge in [0.15, 0.2) is 0 Å². The number of nitrogens with one attached hydrogen (secondary N) is 1. The van der Waals surface area contributed by atoms with Crippen molar-refractivity contribution >= 4 is 13.7 Å². The number of carbonyl (C=O) groups excluding carboxylic acids is 1. The average Bonchev–Trinajstić information content (AvgIpc) is 2.99. The second-order valence-corrected chi connectivity index (χ2v) is 15.4. The van der Waals surface area contributed by atoms with Crippen LogP contribution in [0.25, 0.3) is 0 Å². The van der Waals surface area contributed by atoms with Gasteiger partial charge in [0.1, 0.15) is 13.2 Å². The van der Waals surface area contributed by atoms with Crippen molar-refractivity contribution in [1.82, 2.24) is 5.32 Å². The Balaban J connectivity index is 4.58. The number of carbonyl (C=O) groups is 1. The highest BCUT2D eigenvalue weighted by molar-refractivity contribution is 7.47. The number of rotatable bonds is 33. The van der Waals surface area contributed by atoms with E-state index in [1.807, 2.05) is 27.2 Å². The third-order valence-corrected chi connectivity index (χ3v) is 9.15. The van der Waals surface area contributed by atoms with Crippen LogP contribution in [0, 0.1) is 0 Å². The Labute approximate surface area is 284 Å². The number of nitrogens with zero attached hydrogens (tertiary/aromatic N) is 1. The van der Waals surface area contributed by atoms with E-state index in [9.17, 15) is 19.4 Å². The molecule has 0 heterocycles. The first-order chi connectivity index (χ1) is 22.0. The molecular weight excluding hydrogens is 599 g/mol. The summed E-state index contributed by atoms with van der Waals surface area (Å²) in [5, 5.41) is 13.7. The molecule has 0 aromatic carbocycles. The molecule has 8 nitrogen and oxygen atoms in total. The molecule has 0 rings (SSSR count). The average molecular weight is 674 g/mol. The number of aliphatic hydroxyl groups excluding tert-OH is 1. The molecule has 272 valence electrons. The maximum atomic E-state index is 12.7. The highest BCUT2D eigenvalue weighted by Crippen LogP contribution is 2.43. The molecule has 3 N–H and O–H groups in total. The van der Waals surface area contributed by atoms with Gasteiger partial charge in [0, 0.05) is 6.42 Å². The zero-order valence-electron chi connectivity index (χ0n) is 30.6. The first-order valence-electron chi connectivity index (χ1n) is 18.7. The van der Waals surface area contributed by atoms with Crippen molar-refractivity contribution in [2.45, 2.75) is 167 Å². The molecule has 0 aromatic rings. The molecule has 0 fully saturated rings. The lowest BCUT2D eigenvalue weighted by molar-refractivity contribution is -0.870. The molecule has 0 radical (unpaired) electrons. The van der Waals surface area contributed by atoms with Crippen molar-refractivity contribution in [2.24, 2.45) is 0 Å². The van der Waals surface area contributed by atoms with Crippen LogP contribution < -0.4 is 5.32 Å². The van der Waals surface area contributed by atoms with Crippen molar-refractivity contribution in [2.75, 3.05) is 40.9 Å². The molecule has 9 heteroatoms. The highest BCUT2D eigenvalue weighted by atomic mass is 31.2. The quantitative estimate of drug-likeness (QED) is 0.0278. The maximum absolute atomic E-state index is 12.7. The molecule has 0 spiro atoms. The first-order valence-corrected chi connectivity index (χ1v) is 20.2.